The van der Waals surface area contributed by atoms with E-state index in [-0.39, 0.29) is 17.5 Å². The van der Waals surface area contributed by atoms with Gasteiger partial charge in [-0.2, -0.15) is 0 Å². The molecule has 2 aromatic heterocycles. The Morgan fingerprint density at radius 2 is 2.07 bits per heavy atom. The van der Waals surface area contributed by atoms with Crippen molar-refractivity contribution in [1.29, 1.82) is 0 Å². The Kier molecular flexibility index (Phi) is 4.47. The van der Waals surface area contributed by atoms with Crippen LogP contribution in [0.4, 0.5) is 0 Å². The number of fused-ring (bicyclic) bond motifs is 5. The minimum Gasteiger partial charge on any atom is -0.354 e. The number of H-pyrrole nitrogens is 1. The number of hydrogen-bond donors (Lipinski definition) is 2. The number of imidazole rings is 1. The highest BCUT2D eigenvalue weighted by Gasteiger charge is 2.40. The summed E-state index contributed by atoms with van der Waals surface area (Å²) in [5.74, 6) is 1.54. The summed E-state index contributed by atoms with van der Waals surface area (Å²) < 4.78 is 1.92. The number of benzene rings is 1. The van der Waals surface area contributed by atoms with E-state index in [1.165, 1.54) is 6.92 Å². The minimum atomic E-state index is -0.0624. The predicted octanol–water partition coefficient (Wildman–Crippen LogP) is 2.02. The maximum absolute atomic E-state index is 12.6. The van der Waals surface area contributed by atoms with Crippen LogP contribution in [-0.2, 0) is 11.3 Å². The van der Waals surface area contributed by atoms with Gasteiger partial charge in [0.05, 0.1) is 23.6 Å². The minimum absolute atomic E-state index is 0.0164. The van der Waals surface area contributed by atoms with E-state index in [9.17, 15) is 9.59 Å². The fourth-order valence-electron chi connectivity index (χ4n) is 5.07. The molecule has 0 unspecified atom stereocenters. The van der Waals surface area contributed by atoms with E-state index in [1.807, 2.05) is 34.9 Å². The van der Waals surface area contributed by atoms with Crippen molar-refractivity contribution in [2.75, 3.05) is 19.6 Å². The van der Waals surface area contributed by atoms with E-state index in [0.29, 0.717) is 18.4 Å². The van der Waals surface area contributed by atoms with Crippen LogP contribution >= 0.6 is 0 Å². The molecular weight excluding hydrogens is 366 g/mol. The van der Waals surface area contributed by atoms with Gasteiger partial charge in [-0.1, -0.05) is 18.2 Å². The number of nitrogens with one attached hydrogen (secondary N) is 2. The summed E-state index contributed by atoms with van der Waals surface area (Å²) in [5.41, 5.74) is 3.15. The fraction of sp³-hybridized carbons (Fsp3) is 0.409. The number of rotatable bonds is 4. The molecule has 5 rings (SSSR count). The fourth-order valence-corrected chi connectivity index (χ4v) is 5.07. The summed E-state index contributed by atoms with van der Waals surface area (Å²) in [5, 5.41) is 2.93. The molecule has 2 aliphatic rings. The van der Waals surface area contributed by atoms with Crippen LogP contribution < -0.4 is 10.9 Å². The van der Waals surface area contributed by atoms with E-state index in [0.717, 1.165) is 48.6 Å². The first-order valence-corrected chi connectivity index (χ1v) is 10.2. The summed E-state index contributed by atoms with van der Waals surface area (Å²) in [4.78, 5) is 34.8. The lowest BCUT2D eigenvalue weighted by Crippen LogP contribution is -2.51. The van der Waals surface area contributed by atoms with E-state index in [4.69, 9.17) is 4.98 Å². The monoisotopic (exact) mass is 391 g/mol. The number of nitrogens with zero attached hydrogens (tertiary/aromatic N) is 3. The molecule has 29 heavy (non-hydrogen) atoms. The topological polar surface area (TPSA) is 83.0 Å². The van der Waals surface area contributed by atoms with Gasteiger partial charge in [0.1, 0.15) is 5.82 Å². The number of carbonyl (C=O) groups excluding carboxylic acids is 1. The summed E-state index contributed by atoms with van der Waals surface area (Å²) in [6.07, 6.45) is 1.05. The molecule has 2 N–H and O–H groups in total. The molecule has 1 saturated heterocycles. The number of para-hydroxylation sites is 2. The molecule has 2 bridgehead atoms. The molecule has 3 aromatic rings. The van der Waals surface area contributed by atoms with Crippen LogP contribution in [-0.4, -0.2) is 45.0 Å². The maximum atomic E-state index is 12.6. The van der Waals surface area contributed by atoms with Gasteiger partial charge in [-0.25, -0.2) is 4.98 Å². The van der Waals surface area contributed by atoms with Crippen LogP contribution in [0, 0.1) is 5.92 Å². The third-order valence-electron chi connectivity index (χ3n) is 6.25. The molecule has 7 heteroatoms. The van der Waals surface area contributed by atoms with Crippen molar-refractivity contribution in [3.05, 3.63) is 64.3 Å². The summed E-state index contributed by atoms with van der Waals surface area (Å²) in [7, 11) is 0. The largest absolute Gasteiger partial charge is 0.354 e. The molecule has 4 heterocycles. The van der Waals surface area contributed by atoms with Gasteiger partial charge >= 0.3 is 0 Å². The Balaban J connectivity index is 1.43. The number of pyridine rings is 1. The zero-order chi connectivity index (χ0) is 20.0. The van der Waals surface area contributed by atoms with Gasteiger partial charge in [-0.3, -0.25) is 14.5 Å². The zero-order valence-corrected chi connectivity index (χ0v) is 16.5. The number of carbonyl (C=O) groups is 1. The Morgan fingerprint density at radius 1 is 1.21 bits per heavy atom. The van der Waals surface area contributed by atoms with Crippen LogP contribution in [0.15, 0.2) is 47.3 Å². The van der Waals surface area contributed by atoms with Crippen LogP contribution in [0.5, 0.6) is 0 Å². The molecule has 0 radical (unpaired) electrons. The lowest BCUT2D eigenvalue weighted by molar-refractivity contribution is -0.119. The molecule has 0 spiro atoms. The Morgan fingerprint density at radius 3 is 2.90 bits per heavy atom. The van der Waals surface area contributed by atoms with Crippen molar-refractivity contribution >= 4 is 16.9 Å². The zero-order valence-electron chi connectivity index (χ0n) is 16.5. The molecule has 0 aliphatic carbocycles. The van der Waals surface area contributed by atoms with Gasteiger partial charge in [-0.05, 0) is 30.5 Å². The highest BCUT2D eigenvalue weighted by Crippen LogP contribution is 2.41. The number of likely N-dealkylation sites (tertiary alicyclic amines) is 1. The molecule has 2 aliphatic heterocycles. The predicted molar refractivity (Wildman–Crippen MR) is 111 cm³/mol. The molecule has 0 saturated carbocycles. The molecule has 3 atom stereocenters. The summed E-state index contributed by atoms with van der Waals surface area (Å²) in [6, 6.07) is 13.6. The Bertz CT molecular complexity index is 1080. The van der Waals surface area contributed by atoms with Crippen molar-refractivity contribution in [2.24, 2.45) is 5.92 Å². The number of piperidine rings is 1. The lowest BCUT2D eigenvalue weighted by Gasteiger charge is -2.46. The van der Waals surface area contributed by atoms with Crippen LogP contribution in [0.2, 0.25) is 0 Å². The summed E-state index contributed by atoms with van der Waals surface area (Å²) in [6.45, 7) is 4.56. The Labute approximate surface area is 168 Å². The van der Waals surface area contributed by atoms with E-state index in [1.54, 1.807) is 6.07 Å². The highest BCUT2D eigenvalue weighted by molar-refractivity contribution is 5.74. The number of aromatic amines is 1. The second kappa shape index (κ2) is 7.15. The van der Waals surface area contributed by atoms with Crippen molar-refractivity contribution in [2.45, 2.75) is 31.8 Å². The van der Waals surface area contributed by atoms with Crippen molar-refractivity contribution in [1.82, 2.24) is 24.8 Å². The van der Waals surface area contributed by atoms with Crippen molar-refractivity contribution < 1.29 is 4.79 Å². The number of aromatic nitrogens is 3. The normalized spacial score (nSPS) is 23.7. The first kappa shape index (κ1) is 18.1. The molecule has 1 aromatic carbocycles. The van der Waals surface area contributed by atoms with Gasteiger partial charge in [0.25, 0.3) is 5.56 Å². The highest BCUT2D eigenvalue weighted by atomic mass is 16.1. The molecule has 150 valence electrons. The molecule has 1 amide bonds. The van der Waals surface area contributed by atoms with Gasteiger partial charge in [0.15, 0.2) is 0 Å². The number of hydrogen-bond acceptors (Lipinski definition) is 4. The van der Waals surface area contributed by atoms with E-state index >= 15 is 0 Å². The van der Waals surface area contributed by atoms with Crippen molar-refractivity contribution in [3.8, 4) is 0 Å². The van der Waals surface area contributed by atoms with E-state index in [2.05, 4.69) is 21.3 Å². The number of amides is 1. The first-order valence-electron chi connectivity index (χ1n) is 10.2. The quantitative estimate of drug-likeness (QED) is 0.713. The third kappa shape index (κ3) is 3.35. The van der Waals surface area contributed by atoms with Crippen LogP contribution in [0.25, 0.3) is 11.0 Å². The molecule has 7 nitrogen and oxygen atoms in total. The second-order valence-corrected chi connectivity index (χ2v) is 8.25. The first-order chi connectivity index (χ1) is 14.1. The average molecular weight is 391 g/mol. The molecule has 1 fully saturated rings. The maximum Gasteiger partial charge on any atom is 0.251 e. The smallest absolute Gasteiger partial charge is 0.251 e. The SMILES string of the molecule is CC(=O)NC[C@H]1[C@H]2C[C@H](CN(Cc3nc4ccccc4[nH]3)C2)c2cccc(=O)n21. The van der Waals surface area contributed by atoms with Crippen LogP contribution in [0.1, 0.15) is 36.8 Å². The van der Waals surface area contributed by atoms with E-state index < -0.39 is 0 Å². The summed E-state index contributed by atoms with van der Waals surface area (Å²) >= 11 is 0. The van der Waals surface area contributed by atoms with Gasteiger partial charge in [0, 0.05) is 44.2 Å². The Hall–Kier alpha value is -2.93. The van der Waals surface area contributed by atoms with Crippen molar-refractivity contribution in [3.63, 3.8) is 0 Å². The average Bonchev–Trinajstić information content (AvgIpc) is 3.10. The standard InChI is InChI=1S/C22H25N5O2/c1-14(28)23-10-20-16-9-15(19-7-4-8-22(29)27(19)20)11-26(12-16)13-21-24-17-5-2-3-6-18(17)25-21/h2-8,15-16,20H,9-13H2,1H3,(H,23,28)(H,24,25)/t15-,16+,20+/m1/s1. The lowest BCUT2D eigenvalue weighted by atomic mass is 9.78. The van der Waals surface area contributed by atoms with Gasteiger partial charge in [-0.15, -0.1) is 0 Å². The third-order valence-corrected chi connectivity index (χ3v) is 6.25. The van der Waals surface area contributed by atoms with Crippen LogP contribution in [0.3, 0.4) is 0 Å². The van der Waals surface area contributed by atoms with Gasteiger partial charge < -0.3 is 14.9 Å². The second-order valence-electron chi connectivity index (χ2n) is 8.25. The molecular formula is C22H25N5O2. The van der Waals surface area contributed by atoms with Gasteiger partial charge in [0.2, 0.25) is 5.91 Å².